The average Bonchev–Trinajstić information content (AvgIpc) is 2.60. The van der Waals surface area contributed by atoms with Gasteiger partial charge in [-0.15, -0.1) is 0 Å². The predicted molar refractivity (Wildman–Crippen MR) is 120 cm³/mol. The summed E-state index contributed by atoms with van der Waals surface area (Å²) in [6.45, 7) is 4.60. The van der Waals surface area contributed by atoms with Crippen molar-refractivity contribution in [2.24, 2.45) is 0 Å². The van der Waals surface area contributed by atoms with Crippen molar-refractivity contribution in [3.63, 3.8) is 0 Å². The molecule has 25 heavy (non-hydrogen) atoms. The van der Waals surface area contributed by atoms with Crippen LogP contribution in [0.1, 0.15) is 155 Å². The number of hydrogen-bond acceptors (Lipinski definition) is 0. The van der Waals surface area contributed by atoms with E-state index in [1.54, 1.807) is 0 Å². The molecule has 0 aliphatic carbocycles. The van der Waals surface area contributed by atoms with E-state index in [4.69, 9.17) is 0 Å². The Morgan fingerprint density at radius 3 is 0.480 bits per heavy atom. The van der Waals surface area contributed by atoms with Crippen LogP contribution in [0.15, 0.2) is 0 Å². The van der Waals surface area contributed by atoms with Crippen LogP contribution in [-0.2, 0) is 0 Å². The average molecular weight is 363 g/mol. The summed E-state index contributed by atoms with van der Waals surface area (Å²) in [5, 5.41) is 0. The first-order valence-electron chi connectivity index (χ1n) is 11.9. The second-order valence-electron chi connectivity index (χ2n) is 8.07. The van der Waals surface area contributed by atoms with Crippen LogP contribution in [0.3, 0.4) is 0 Å². The molecule has 0 amide bonds. The summed E-state index contributed by atoms with van der Waals surface area (Å²) in [5.74, 6) is 0. The summed E-state index contributed by atoms with van der Waals surface area (Å²) in [6, 6.07) is 0. The van der Waals surface area contributed by atoms with Crippen LogP contribution < -0.4 is 0 Å². The van der Waals surface area contributed by atoms with E-state index < -0.39 is 0 Å². The van der Waals surface area contributed by atoms with E-state index in [9.17, 15) is 0 Å². The van der Waals surface area contributed by atoms with Gasteiger partial charge in [-0.2, -0.15) is 0 Å². The molecule has 0 unspecified atom stereocenters. The van der Waals surface area contributed by atoms with Gasteiger partial charge in [0.05, 0.1) is 0 Å². The molecule has 0 aromatic rings. The van der Waals surface area contributed by atoms with Gasteiger partial charge in [0, 0.05) is 0 Å². The van der Waals surface area contributed by atoms with Crippen LogP contribution in [-0.4, -0.2) is 29.6 Å². The van der Waals surface area contributed by atoms with Crippen molar-refractivity contribution in [1.29, 1.82) is 0 Å². The van der Waals surface area contributed by atoms with Gasteiger partial charge in [-0.1, -0.05) is 155 Å². The molecule has 0 aliphatic heterocycles. The molecule has 0 heterocycles. The molecule has 0 N–H and O–H groups in total. The molecule has 0 bridgehead atoms. The molecule has 0 fully saturated rings. The minimum atomic E-state index is 0. The summed E-state index contributed by atoms with van der Waals surface area (Å²) in [6.07, 6.45) is 32.4. The molecule has 0 spiro atoms. The normalized spacial score (nSPS) is 10.8. The maximum atomic E-state index is 2.30. The fourth-order valence-electron chi connectivity index (χ4n) is 3.68. The molecule has 0 saturated heterocycles. The molecule has 0 aromatic heterocycles. The SMILES string of the molecule is CCCCCCCCCCCCCCCCCCCCCCCC.[NaH]. The van der Waals surface area contributed by atoms with Crippen molar-refractivity contribution in [3.05, 3.63) is 0 Å². The van der Waals surface area contributed by atoms with Gasteiger partial charge in [0.1, 0.15) is 0 Å². The first kappa shape index (κ1) is 28.2. The van der Waals surface area contributed by atoms with Gasteiger partial charge in [0.2, 0.25) is 0 Å². The van der Waals surface area contributed by atoms with E-state index in [1.165, 1.54) is 141 Å². The molecule has 0 radical (unpaired) electrons. The standard InChI is InChI=1S/C24H50.Na.H/c1-3-5-7-9-11-13-15-17-19-21-23-24-22-20-18-16-14-12-10-8-6-4-2;;/h3-24H2,1-2H3;;. The molecule has 0 atom stereocenters. The van der Waals surface area contributed by atoms with Gasteiger partial charge in [-0.3, -0.25) is 0 Å². The molecular formula is C24H51Na. The zero-order chi connectivity index (χ0) is 17.6. The molecule has 0 aromatic carbocycles. The third-order valence-corrected chi connectivity index (χ3v) is 5.46. The second-order valence-corrected chi connectivity index (χ2v) is 8.07. The van der Waals surface area contributed by atoms with Crippen molar-refractivity contribution in [1.82, 2.24) is 0 Å². The van der Waals surface area contributed by atoms with Gasteiger partial charge in [-0.05, 0) is 0 Å². The van der Waals surface area contributed by atoms with Crippen LogP contribution >= 0.6 is 0 Å². The topological polar surface area (TPSA) is 0 Å². The number of unbranched alkanes of at least 4 members (excludes halogenated alkanes) is 21. The van der Waals surface area contributed by atoms with Crippen molar-refractivity contribution in [2.45, 2.75) is 155 Å². The molecule has 0 rings (SSSR count). The van der Waals surface area contributed by atoms with Crippen LogP contribution in [0.25, 0.3) is 0 Å². The Balaban J connectivity index is 0. The van der Waals surface area contributed by atoms with E-state index in [2.05, 4.69) is 13.8 Å². The van der Waals surface area contributed by atoms with E-state index in [0.29, 0.717) is 0 Å². The van der Waals surface area contributed by atoms with Gasteiger partial charge in [0.15, 0.2) is 0 Å². The quantitative estimate of drug-likeness (QED) is 0.141. The third kappa shape index (κ3) is 27.3. The molecular weight excluding hydrogens is 311 g/mol. The minimum absolute atomic E-state index is 0. The Kier molecular flexibility index (Phi) is 30.7. The van der Waals surface area contributed by atoms with E-state index in [1.807, 2.05) is 0 Å². The second kappa shape index (κ2) is 27.2. The summed E-state index contributed by atoms with van der Waals surface area (Å²) in [5.41, 5.74) is 0. The zero-order valence-corrected chi connectivity index (χ0v) is 17.6. The number of hydrogen-bond donors (Lipinski definition) is 0. The van der Waals surface area contributed by atoms with E-state index in [0.717, 1.165) is 0 Å². The molecule has 0 nitrogen and oxygen atoms in total. The van der Waals surface area contributed by atoms with Crippen LogP contribution in [0.5, 0.6) is 0 Å². The predicted octanol–water partition coefficient (Wildman–Crippen LogP) is 8.96. The Bertz CT molecular complexity index is 180. The summed E-state index contributed by atoms with van der Waals surface area (Å²) < 4.78 is 0. The summed E-state index contributed by atoms with van der Waals surface area (Å²) >= 11 is 0. The van der Waals surface area contributed by atoms with Gasteiger partial charge >= 0.3 is 29.6 Å². The monoisotopic (exact) mass is 362 g/mol. The fraction of sp³-hybridized carbons (Fsp3) is 1.00. The first-order valence-corrected chi connectivity index (χ1v) is 11.9. The Morgan fingerprint density at radius 2 is 0.360 bits per heavy atom. The molecule has 148 valence electrons. The van der Waals surface area contributed by atoms with E-state index >= 15 is 0 Å². The third-order valence-electron chi connectivity index (χ3n) is 5.46. The van der Waals surface area contributed by atoms with Crippen LogP contribution in [0, 0.1) is 0 Å². The van der Waals surface area contributed by atoms with E-state index in [-0.39, 0.29) is 29.6 Å². The first-order chi connectivity index (χ1) is 11.9. The molecule has 1 heteroatoms. The van der Waals surface area contributed by atoms with Gasteiger partial charge < -0.3 is 0 Å². The Hall–Kier alpha value is 1.00. The molecule has 0 aliphatic rings. The molecule has 0 saturated carbocycles. The van der Waals surface area contributed by atoms with Crippen LogP contribution in [0.2, 0.25) is 0 Å². The van der Waals surface area contributed by atoms with Crippen molar-refractivity contribution in [3.8, 4) is 0 Å². The van der Waals surface area contributed by atoms with Crippen molar-refractivity contribution < 1.29 is 0 Å². The Morgan fingerprint density at radius 1 is 0.240 bits per heavy atom. The summed E-state index contributed by atoms with van der Waals surface area (Å²) in [7, 11) is 0. The fourth-order valence-corrected chi connectivity index (χ4v) is 3.68. The zero-order valence-electron chi connectivity index (χ0n) is 17.6. The van der Waals surface area contributed by atoms with Gasteiger partial charge in [0.25, 0.3) is 0 Å². The number of rotatable bonds is 21. The Labute approximate surface area is 184 Å². The van der Waals surface area contributed by atoms with Crippen LogP contribution in [0.4, 0.5) is 0 Å². The summed E-state index contributed by atoms with van der Waals surface area (Å²) in [4.78, 5) is 0. The van der Waals surface area contributed by atoms with Crippen molar-refractivity contribution in [2.75, 3.05) is 0 Å². The van der Waals surface area contributed by atoms with Gasteiger partial charge in [-0.25, -0.2) is 0 Å². The van der Waals surface area contributed by atoms with Crippen molar-refractivity contribution >= 4 is 29.6 Å². The maximum absolute atomic E-state index is 2.30.